The van der Waals surface area contributed by atoms with Crippen molar-refractivity contribution < 1.29 is 17.2 Å². The SMILES string of the molecule is CS(=O)(=O)c1cccc2nc([C@@H](Nc3nc(N)nc(N)c3C#N)C3CC3)n(-c3c(F)cccc3F)c(=O)c12. The van der Waals surface area contributed by atoms with E-state index in [9.17, 15) is 18.5 Å². The second-order valence-electron chi connectivity index (χ2n) is 8.87. The molecule has 2 aromatic heterocycles. The fourth-order valence-corrected chi connectivity index (χ4v) is 5.22. The Bertz CT molecular complexity index is 1810. The standard InChI is InChI=1S/C24H20F2N8O3S/c1-38(36,37)16-7-3-6-15-17(16)23(35)34(19-13(25)4-2-5-14(19)26)22(30-15)18(11-8-9-11)31-21-12(10-27)20(28)32-24(29)33-21/h2-7,11,18H,8-9H2,1H3,(H5,28,29,31,32,33)/t18-/m0/s1. The van der Waals surface area contributed by atoms with Gasteiger partial charge in [-0.1, -0.05) is 12.1 Å². The van der Waals surface area contributed by atoms with E-state index >= 15 is 8.78 Å². The molecule has 2 aromatic carbocycles. The number of hydrogen-bond donors (Lipinski definition) is 3. The van der Waals surface area contributed by atoms with Gasteiger partial charge in [-0.2, -0.15) is 15.2 Å². The van der Waals surface area contributed by atoms with Gasteiger partial charge in [0.05, 0.1) is 21.8 Å². The molecule has 4 aromatic rings. The first-order valence-corrected chi connectivity index (χ1v) is 13.2. The van der Waals surface area contributed by atoms with Crippen LogP contribution in [0.4, 0.5) is 26.4 Å². The number of para-hydroxylation sites is 1. The second kappa shape index (κ2) is 9.03. The third kappa shape index (κ3) is 4.26. The molecule has 1 fully saturated rings. The number of fused-ring (bicyclic) bond motifs is 1. The minimum absolute atomic E-state index is 0.00981. The lowest BCUT2D eigenvalue weighted by molar-refractivity contribution is 0.545. The number of nitrogen functional groups attached to an aromatic ring is 2. The molecule has 0 amide bonds. The first-order valence-electron chi connectivity index (χ1n) is 11.3. The van der Waals surface area contributed by atoms with Crippen molar-refractivity contribution in [3.05, 3.63) is 69.8 Å². The van der Waals surface area contributed by atoms with E-state index < -0.39 is 38.8 Å². The van der Waals surface area contributed by atoms with Crippen LogP contribution in [0, 0.1) is 28.9 Å². The van der Waals surface area contributed by atoms with Gasteiger partial charge in [0.2, 0.25) is 5.95 Å². The fraction of sp³-hybridized carbons (Fsp3) is 0.208. The molecule has 38 heavy (non-hydrogen) atoms. The van der Waals surface area contributed by atoms with Gasteiger partial charge in [0, 0.05) is 6.26 Å². The summed E-state index contributed by atoms with van der Waals surface area (Å²) in [7, 11) is -3.91. The number of rotatable bonds is 6. The average Bonchev–Trinajstić information content (AvgIpc) is 3.68. The number of nitrogens with one attached hydrogen (secondary N) is 1. The molecule has 1 atom stereocenters. The van der Waals surface area contributed by atoms with Crippen LogP contribution in [-0.2, 0) is 9.84 Å². The summed E-state index contributed by atoms with van der Waals surface area (Å²) in [5.41, 5.74) is 9.75. The van der Waals surface area contributed by atoms with Crippen LogP contribution in [0.1, 0.15) is 30.3 Å². The van der Waals surface area contributed by atoms with E-state index in [1.807, 2.05) is 6.07 Å². The molecule has 11 nitrogen and oxygen atoms in total. The third-order valence-corrected chi connectivity index (χ3v) is 7.31. The summed E-state index contributed by atoms with van der Waals surface area (Å²) >= 11 is 0. The Morgan fingerprint density at radius 2 is 1.76 bits per heavy atom. The largest absolute Gasteiger partial charge is 0.382 e. The van der Waals surface area contributed by atoms with Gasteiger partial charge in [0.15, 0.2) is 15.7 Å². The molecular weight excluding hydrogens is 518 g/mol. The molecule has 0 aliphatic heterocycles. The number of nitriles is 1. The quantitative estimate of drug-likeness (QED) is 0.330. The van der Waals surface area contributed by atoms with Gasteiger partial charge in [-0.05, 0) is 43.0 Å². The van der Waals surface area contributed by atoms with Crippen molar-refractivity contribution in [2.24, 2.45) is 5.92 Å². The number of sulfone groups is 1. The summed E-state index contributed by atoms with van der Waals surface area (Å²) in [4.78, 5) is 26.0. The van der Waals surface area contributed by atoms with Crippen molar-refractivity contribution in [3.63, 3.8) is 0 Å². The van der Waals surface area contributed by atoms with E-state index in [2.05, 4.69) is 20.3 Å². The number of nitrogens with two attached hydrogens (primary N) is 2. The van der Waals surface area contributed by atoms with Gasteiger partial charge < -0.3 is 16.8 Å². The maximum Gasteiger partial charge on any atom is 0.267 e. The monoisotopic (exact) mass is 538 g/mol. The van der Waals surface area contributed by atoms with Crippen LogP contribution >= 0.6 is 0 Å². The summed E-state index contributed by atoms with van der Waals surface area (Å²) in [6, 6.07) is 8.16. The highest BCUT2D eigenvalue weighted by Crippen LogP contribution is 2.43. The lowest BCUT2D eigenvalue weighted by Gasteiger charge is -2.24. The summed E-state index contributed by atoms with van der Waals surface area (Å²) in [6.07, 6.45) is 2.24. The molecule has 1 saturated carbocycles. The Morgan fingerprint density at radius 3 is 2.37 bits per heavy atom. The summed E-state index contributed by atoms with van der Waals surface area (Å²) < 4.78 is 55.9. The Labute approximate surface area is 214 Å². The van der Waals surface area contributed by atoms with Crippen LogP contribution in [-0.4, -0.2) is 34.2 Å². The van der Waals surface area contributed by atoms with Crippen molar-refractivity contribution in [2.45, 2.75) is 23.8 Å². The van der Waals surface area contributed by atoms with Crippen LogP contribution < -0.4 is 22.3 Å². The number of anilines is 3. The van der Waals surface area contributed by atoms with Crippen molar-refractivity contribution in [2.75, 3.05) is 23.0 Å². The molecule has 2 heterocycles. The normalized spacial score (nSPS) is 14.3. The summed E-state index contributed by atoms with van der Waals surface area (Å²) in [5, 5.41) is 12.3. The zero-order valence-corrected chi connectivity index (χ0v) is 20.6. The van der Waals surface area contributed by atoms with Crippen molar-refractivity contribution in [1.29, 1.82) is 5.26 Å². The smallest absolute Gasteiger partial charge is 0.267 e. The topological polar surface area (TPSA) is 183 Å². The van der Waals surface area contributed by atoms with Crippen LogP contribution in [0.25, 0.3) is 16.6 Å². The van der Waals surface area contributed by atoms with E-state index in [0.717, 1.165) is 29.0 Å². The number of benzene rings is 2. The average molecular weight is 539 g/mol. The Kier molecular flexibility index (Phi) is 5.95. The highest BCUT2D eigenvalue weighted by molar-refractivity contribution is 7.91. The molecule has 0 spiro atoms. The van der Waals surface area contributed by atoms with Gasteiger partial charge in [0.1, 0.15) is 40.6 Å². The second-order valence-corrected chi connectivity index (χ2v) is 10.8. The van der Waals surface area contributed by atoms with Crippen LogP contribution in [0.3, 0.4) is 0 Å². The van der Waals surface area contributed by atoms with E-state index in [0.29, 0.717) is 12.8 Å². The Balaban J connectivity index is 1.86. The first-order chi connectivity index (χ1) is 18.0. The van der Waals surface area contributed by atoms with Crippen LogP contribution in [0.15, 0.2) is 46.1 Å². The molecule has 0 bridgehead atoms. The minimum Gasteiger partial charge on any atom is -0.382 e. The molecule has 5 N–H and O–H groups in total. The molecular formula is C24H20F2N8O3S. The highest BCUT2D eigenvalue weighted by atomic mass is 32.2. The van der Waals surface area contributed by atoms with Gasteiger partial charge in [-0.15, -0.1) is 0 Å². The molecule has 5 rings (SSSR count). The number of hydrogen-bond acceptors (Lipinski definition) is 10. The zero-order valence-electron chi connectivity index (χ0n) is 19.8. The van der Waals surface area contributed by atoms with E-state index in [1.54, 1.807) is 0 Å². The van der Waals surface area contributed by atoms with Gasteiger partial charge in [-0.25, -0.2) is 22.2 Å². The van der Waals surface area contributed by atoms with Gasteiger partial charge in [-0.3, -0.25) is 9.36 Å². The Hall–Kier alpha value is -4.64. The Morgan fingerprint density at radius 1 is 1.11 bits per heavy atom. The predicted octanol–water partition coefficient (Wildman–Crippen LogP) is 2.46. The van der Waals surface area contributed by atoms with Crippen LogP contribution in [0.5, 0.6) is 0 Å². The maximum absolute atomic E-state index is 15.1. The lowest BCUT2D eigenvalue weighted by atomic mass is 10.1. The van der Waals surface area contributed by atoms with Crippen molar-refractivity contribution >= 4 is 38.3 Å². The van der Waals surface area contributed by atoms with Gasteiger partial charge >= 0.3 is 0 Å². The number of aromatic nitrogens is 4. The summed E-state index contributed by atoms with van der Waals surface area (Å²) in [6.45, 7) is 0. The van der Waals surface area contributed by atoms with E-state index in [-0.39, 0.29) is 50.7 Å². The molecule has 1 aliphatic carbocycles. The fourth-order valence-electron chi connectivity index (χ4n) is 4.33. The van der Waals surface area contributed by atoms with E-state index in [4.69, 9.17) is 11.5 Å². The third-order valence-electron chi connectivity index (χ3n) is 6.18. The molecule has 0 unspecified atom stereocenters. The van der Waals surface area contributed by atoms with Crippen molar-refractivity contribution in [3.8, 4) is 11.8 Å². The predicted molar refractivity (Wildman–Crippen MR) is 135 cm³/mol. The lowest BCUT2D eigenvalue weighted by Crippen LogP contribution is -2.31. The number of halogens is 2. The molecule has 194 valence electrons. The summed E-state index contributed by atoms with van der Waals surface area (Å²) in [5.74, 6) is -2.86. The molecule has 14 heteroatoms. The number of nitrogens with zero attached hydrogens (tertiary/aromatic N) is 5. The maximum atomic E-state index is 15.1. The van der Waals surface area contributed by atoms with Gasteiger partial charge in [0.25, 0.3) is 5.56 Å². The molecule has 1 aliphatic rings. The van der Waals surface area contributed by atoms with Crippen LogP contribution in [0.2, 0.25) is 0 Å². The van der Waals surface area contributed by atoms with Crippen molar-refractivity contribution in [1.82, 2.24) is 19.5 Å². The molecule has 0 saturated heterocycles. The zero-order chi connectivity index (χ0) is 27.4. The first kappa shape index (κ1) is 25.0. The molecule has 0 radical (unpaired) electrons. The van der Waals surface area contributed by atoms with E-state index in [1.165, 1.54) is 18.2 Å². The minimum atomic E-state index is -3.91. The highest BCUT2D eigenvalue weighted by Gasteiger charge is 2.38.